The lowest BCUT2D eigenvalue weighted by atomic mass is 9.73. The first-order chi connectivity index (χ1) is 14.1. The predicted molar refractivity (Wildman–Crippen MR) is 109 cm³/mol. The van der Waals surface area contributed by atoms with Crippen LogP contribution in [0.3, 0.4) is 0 Å². The Hall–Kier alpha value is -2.66. The summed E-state index contributed by atoms with van der Waals surface area (Å²) in [6.07, 6.45) is 7.96. The quantitative estimate of drug-likeness (QED) is 0.762. The first kappa shape index (κ1) is 18.4. The van der Waals surface area contributed by atoms with Crippen molar-refractivity contribution in [1.82, 2.24) is 5.32 Å². The van der Waals surface area contributed by atoms with Gasteiger partial charge in [-0.05, 0) is 55.5 Å². The summed E-state index contributed by atoms with van der Waals surface area (Å²) >= 11 is 6.21. The molecule has 1 spiro atoms. The summed E-state index contributed by atoms with van der Waals surface area (Å²) in [4.78, 5) is 12.8. The number of hydrogen-bond acceptors (Lipinski definition) is 4. The fourth-order valence-corrected chi connectivity index (χ4v) is 4.52. The van der Waals surface area contributed by atoms with Crippen LogP contribution in [0.1, 0.15) is 49.3 Å². The molecule has 0 bridgehead atoms. The van der Waals surface area contributed by atoms with Crippen LogP contribution in [0.5, 0.6) is 17.2 Å². The zero-order chi connectivity index (χ0) is 19.8. The number of carbonyl (C=O) groups excluding carboxylic acids is 1. The van der Waals surface area contributed by atoms with E-state index < -0.39 is 0 Å². The molecule has 2 aliphatic heterocycles. The lowest BCUT2D eigenvalue weighted by Gasteiger charge is -2.48. The highest BCUT2D eigenvalue weighted by molar-refractivity contribution is 6.30. The van der Waals surface area contributed by atoms with Crippen LogP contribution in [0.25, 0.3) is 0 Å². The van der Waals surface area contributed by atoms with Crippen LogP contribution >= 0.6 is 11.6 Å². The average Bonchev–Trinajstić information content (AvgIpc) is 2.71. The first-order valence-electron chi connectivity index (χ1n) is 10.00. The Kier molecular flexibility index (Phi) is 4.63. The van der Waals surface area contributed by atoms with Gasteiger partial charge in [0.2, 0.25) is 5.91 Å². The Morgan fingerprint density at radius 3 is 2.83 bits per heavy atom. The molecule has 5 nitrogen and oxygen atoms in total. The summed E-state index contributed by atoms with van der Waals surface area (Å²) in [7, 11) is 0. The highest BCUT2D eigenvalue weighted by Gasteiger charge is 2.45. The molecular weight excluding hydrogens is 390 g/mol. The largest absolute Gasteiger partial charge is 0.487 e. The van der Waals surface area contributed by atoms with E-state index in [0.717, 1.165) is 36.1 Å². The van der Waals surface area contributed by atoms with Crippen molar-refractivity contribution in [3.63, 3.8) is 0 Å². The number of hydrogen-bond donors (Lipinski definition) is 1. The van der Waals surface area contributed by atoms with Crippen LogP contribution in [-0.2, 0) is 11.2 Å². The van der Waals surface area contributed by atoms with Gasteiger partial charge in [0, 0.05) is 23.4 Å². The minimum Gasteiger partial charge on any atom is -0.487 e. The molecule has 0 saturated heterocycles. The van der Waals surface area contributed by atoms with Crippen molar-refractivity contribution in [2.24, 2.45) is 0 Å². The lowest BCUT2D eigenvalue weighted by molar-refractivity contribution is -0.123. The molecule has 2 heterocycles. The molecular formula is C23H22ClNO4. The molecule has 0 aromatic heterocycles. The van der Waals surface area contributed by atoms with E-state index in [-0.39, 0.29) is 17.6 Å². The molecule has 1 aliphatic carbocycles. The number of nitrogens with one attached hydrogen (secondary N) is 1. The van der Waals surface area contributed by atoms with Crippen LogP contribution in [0.4, 0.5) is 0 Å². The van der Waals surface area contributed by atoms with Crippen LogP contribution in [0, 0.1) is 0 Å². The highest BCUT2D eigenvalue weighted by atomic mass is 35.5. The smallest absolute Gasteiger partial charge is 0.220 e. The monoisotopic (exact) mass is 411 g/mol. The number of halogens is 1. The number of ether oxygens (including phenoxy) is 3. The van der Waals surface area contributed by atoms with Gasteiger partial charge in [-0.1, -0.05) is 23.7 Å². The second kappa shape index (κ2) is 7.30. The molecule has 29 heavy (non-hydrogen) atoms. The van der Waals surface area contributed by atoms with Crippen LogP contribution in [0.15, 0.2) is 48.9 Å². The van der Waals surface area contributed by atoms with E-state index in [1.807, 2.05) is 36.4 Å². The fraction of sp³-hybridized carbons (Fsp3) is 0.348. The van der Waals surface area contributed by atoms with Crippen molar-refractivity contribution in [3.05, 3.63) is 65.1 Å². The molecule has 1 N–H and O–H groups in total. The first-order valence-corrected chi connectivity index (χ1v) is 10.4. The summed E-state index contributed by atoms with van der Waals surface area (Å²) in [6, 6.07) is 11.3. The van der Waals surface area contributed by atoms with Gasteiger partial charge in [-0.3, -0.25) is 4.79 Å². The Morgan fingerprint density at radius 2 is 2.00 bits per heavy atom. The van der Waals surface area contributed by atoms with Gasteiger partial charge in [0.15, 0.2) is 11.5 Å². The maximum absolute atomic E-state index is 12.8. The number of fused-ring (bicyclic) bond motifs is 2. The van der Waals surface area contributed by atoms with Gasteiger partial charge in [-0.15, -0.1) is 0 Å². The maximum atomic E-state index is 12.8. The zero-order valence-corrected chi connectivity index (χ0v) is 16.7. The van der Waals surface area contributed by atoms with Crippen molar-refractivity contribution in [1.29, 1.82) is 0 Å². The van der Waals surface area contributed by atoms with Crippen LogP contribution < -0.4 is 19.5 Å². The van der Waals surface area contributed by atoms with Crippen molar-refractivity contribution in [2.75, 3.05) is 0 Å². The van der Waals surface area contributed by atoms with E-state index in [9.17, 15) is 4.79 Å². The molecule has 2 aromatic rings. The highest BCUT2D eigenvalue weighted by Crippen LogP contribution is 2.49. The van der Waals surface area contributed by atoms with E-state index in [4.69, 9.17) is 25.8 Å². The molecule has 1 unspecified atom stereocenters. The Bertz CT molecular complexity index is 983. The maximum Gasteiger partial charge on any atom is 0.220 e. The van der Waals surface area contributed by atoms with E-state index in [0.29, 0.717) is 29.4 Å². The molecule has 1 atom stereocenters. The van der Waals surface area contributed by atoms with Gasteiger partial charge in [0.05, 0.1) is 6.04 Å². The van der Waals surface area contributed by atoms with Crippen molar-refractivity contribution in [3.8, 4) is 17.2 Å². The van der Waals surface area contributed by atoms with Crippen molar-refractivity contribution >= 4 is 17.5 Å². The van der Waals surface area contributed by atoms with Gasteiger partial charge in [0.25, 0.3) is 0 Å². The minimum absolute atomic E-state index is 0.00201. The summed E-state index contributed by atoms with van der Waals surface area (Å²) in [5.74, 6) is 2.19. The number of aryl methyl sites for hydroxylation is 1. The standard InChI is InChI=1S/C23H22ClNO4/c24-16-6-7-19-17(13-16)18(14-23(29-19)9-2-10-23)25-21(26)8-5-15-3-1-4-20-22(15)28-12-11-27-20/h1,3-4,6-7,11-13,18H,2,5,8-10,14H2,(H,25,26). The van der Waals surface area contributed by atoms with Gasteiger partial charge < -0.3 is 19.5 Å². The van der Waals surface area contributed by atoms with E-state index in [1.54, 1.807) is 0 Å². The van der Waals surface area contributed by atoms with Crippen LogP contribution in [-0.4, -0.2) is 11.5 Å². The van der Waals surface area contributed by atoms with Crippen molar-refractivity contribution < 1.29 is 19.0 Å². The summed E-state index contributed by atoms with van der Waals surface area (Å²) < 4.78 is 17.3. The third-order valence-corrected chi connectivity index (χ3v) is 6.20. The third-order valence-electron chi connectivity index (χ3n) is 5.97. The van der Waals surface area contributed by atoms with Crippen molar-refractivity contribution in [2.45, 2.75) is 50.2 Å². The summed E-state index contributed by atoms with van der Waals surface area (Å²) in [5.41, 5.74) is 1.77. The summed E-state index contributed by atoms with van der Waals surface area (Å²) in [5, 5.41) is 3.86. The normalized spacial score (nSPS) is 20.4. The molecule has 1 amide bonds. The average molecular weight is 412 g/mol. The van der Waals surface area contributed by atoms with E-state index in [1.165, 1.54) is 18.9 Å². The fourth-order valence-electron chi connectivity index (χ4n) is 4.34. The molecule has 0 radical (unpaired) electrons. The Labute approximate surface area is 174 Å². The third kappa shape index (κ3) is 3.55. The Morgan fingerprint density at radius 1 is 1.14 bits per heavy atom. The van der Waals surface area contributed by atoms with Crippen LogP contribution in [0.2, 0.25) is 5.02 Å². The number of carbonyl (C=O) groups is 1. The second-order valence-corrected chi connectivity index (χ2v) is 8.33. The minimum atomic E-state index is -0.144. The van der Waals surface area contributed by atoms with Gasteiger partial charge in [-0.25, -0.2) is 0 Å². The molecule has 2 aromatic carbocycles. The van der Waals surface area contributed by atoms with E-state index >= 15 is 0 Å². The number of benzene rings is 2. The zero-order valence-electron chi connectivity index (χ0n) is 15.9. The molecule has 6 heteroatoms. The molecule has 5 rings (SSSR count). The molecule has 3 aliphatic rings. The Balaban J connectivity index is 1.29. The van der Waals surface area contributed by atoms with Gasteiger partial charge >= 0.3 is 0 Å². The van der Waals surface area contributed by atoms with E-state index in [2.05, 4.69) is 5.32 Å². The van der Waals surface area contributed by atoms with Gasteiger partial charge in [-0.2, -0.15) is 0 Å². The lowest BCUT2D eigenvalue weighted by Crippen LogP contribution is -2.49. The SMILES string of the molecule is O=C(CCc1cccc2c1OC=CO2)NC1CC2(CCC2)Oc2ccc(Cl)cc21. The number of amides is 1. The number of para-hydroxylation sites is 1. The van der Waals surface area contributed by atoms with Gasteiger partial charge in [0.1, 0.15) is 23.9 Å². The topological polar surface area (TPSA) is 56.8 Å². The predicted octanol–water partition coefficient (Wildman–Crippen LogP) is 5.08. The molecule has 1 saturated carbocycles. The summed E-state index contributed by atoms with van der Waals surface area (Å²) in [6.45, 7) is 0. The number of rotatable bonds is 4. The second-order valence-electron chi connectivity index (χ2n) is 7.90. The molecule has 150 valence electrons. The molecule has 1 fully saturated rings.